The monoisotopic (exact) mass is 209 g/mol. The predicted octanol–water partition coefficient (Wildman–Crippen LogP) is 1.34. The summed E-state index contributed by atoms with van der Waals surface area (Å²) in [6.07, 6.45) is 0. The zero-order valence-electron chi connectivity index (χ0n) is 9.31. The van der Waals surface area contributed by atoms with Crippen LogP contribution in [0.5, 0.6) is 0 Å². The quantitative estimate of drug-likeness (QED) is 0.743. The largest absolute Gasteiger partial charge is 0.395 e. The van der Waals surface area contributed by atoms with Crippen LogP contribution in [-0.2, 0) is 4.74 Å². The predicted molar refractivity (Wildman–Crippen MR) is 60.7 cm³/mol. The van der Waals surface area contributed by atoms with Gasteiger partial charge in [-0.3, -0.25) is 0 Å². The van der Waals surface area contributed by atoms with Gasteiger partial charge < -0.3 is 15.2 Å². The van der Waals surface area contributed by atoms with E-state index in [1.807, 2.05) is 25.1 Å². The zero-order valence-corrected chi connectivity index (χ0v) is 9.31. The Kier molecular flexibility index (Phi) is 5.32. The second-order valence-electron chi connectivity index (χ2n) is 3.67. The topological polar surface area (TPSA) is 41.5 Å². The molecule has 0 fully saturated rings. The molecule has 0 aliphatic carbocycles. The van der Waals surface area contributed by atoms with Crippen LogP contribution in [0.25, 0.3) is 0 Å². The van der Waals surface area contributed by atoms with E-state index in [2.05, 4.69) is 17.4 Å². The van der Waals surface area contributed by atoms with Crippen LogP contribution in [0, 0.1) is 0 Å². The maximum absolute atomic E-state index is 9.00. The minimum Gasteiger partial charge on any atom is -0.395 e. The van der Waals surface area contributed by atoms with Crippen molar-refractivity contribution in [3.8, 4) is 0 Å². The smallest absolute Gasteiger partial charge is 0.0657 e. The van der Waals surface area contributed by atoms with Gasteiger partial charge in [-0.2, -0.15) is 0 Å². The van der Waals surface area contributed by atoms with Gasteiger partial charge in [0.15, 0.2) is 0 Å². The van der Waals surface area contributed by atoms with Gasteiger partial charge in [-0.05, 0) is 12.5 Å². The molecule has 0 bridgehead atoms. The molecule has 3 heteroatoms. The van der Waals surface area contributed by atoms with Crippen molar-refractivity contribution >= 4 is 0 Å². The molecule has 15 heavy (non-hydrogen) atoms. The van der Waals surface area contributed by atoms with Crippen molar-refractivity contribution in [2.75, 3.05) is 20.3 Å². The second kappa shape index (κ2) is 6.56. The average Bonchev–Trinajstić information content (AvgIpc) is 2.29. The molecule has 0 aliphatic heterocycles. The third-order valence-corrected chi connectivity index (χ3v) is 2.29. The van der Waals surface area contributed by atoms with E-state index < -0.39 is 0 Å². The van der Waals surface area contributed by atoms with E-state index in [9.17, 15) is 0 Å². The molecule has 0 aliphatic rings. The van der Waals surface area contributed by atoms with Gasteiger partial charge in [-0.15, -0.1) is 0 Å². The Morgan fingerprint density at radius 3 is 2.53 bits per heavy atom. The van der Waals surface area contributed by atoms with Crippen molar-refractivity contribution in [1.29, 1.82) is 0 Å². The first kappa shape index (κ1) is 12.2. The van der Waals surface area contributed by atoms with Gasteiger partial charge in [0.2, 0.25) is 0 Å². The molecule has 3 nitrogen and oxygen atoms in total. The SMILES string of the molecule is COCC(NC(C)CO)c1ccccc1. The molecular weight excluding hydrogens is 190 g/mol. The first-order valence-corrected chi connectivity index (χ1v) is 5.18. The van der Waals surface area contributed by atoms with E-state index in [0.717, 1.165) is 0 Å². The van der Waals surface area contributed by atoms with Crippen molar-refractivity contribution in [3.05, 3.63) is 35.9 Å². The number of hydrogen-bond acceptors (Lipinski definition) is 3. The highest BCUT2D eigenvalue weighted by Gasteiger charge is 2.12. The van der Waals surface area contributed by atoms with E-state index in [4.69, 9.17) is 9.84 Å². The van der Waals surface area contributed by atoms with Crippen LogP contribution >= 0.6 is 0 Å². The summed E-state index contributed by atoms with van der Waals surface area (Å²) < 4.78 is 5.16. The molecule has 1 aromatic carbocycles. The van der Waals surface area contributed by atoms with Crippen LogP contribution in [0.1, 0.15) is 18.5 Å². The molecule has 0 radical (unpaired) electrons. The van der Waals surface area contributed by atoms with Crippen molar-refractivity contribution in [2.45, 2.75) is 19.0 Å². The van der Waals surface area contributed by atoms with Crippen molar-refractivity contribution in [3.63, 3.8) is 0 Å². The van der Waals surface area contributed by atoms with Crippen LogP contribution in [0.4, 0.5) is 0 Å². The third-order valence-electron chi connectivity index (χ3n) is 2.29. The Hall–Kier alpha value is -0.900. The number of rotatable bonds is 6. The fourth-order valence-corrected chi connectivity index (χ4v) is 1.49. The average molecular weight is 209 g/mol. The highest BCUT2D eigenvalue weighted by atomic mass is 16.5. The maximum Gasteiger partial charge on any atom is 0.0657 e. The Morgan fingerprint density at radius 2 is 2.00 bits per heavy atom. The third kappa shape index (κ3) is 4.00. The van der Waals surface area contributed by atoms with Gasteiger partial charge in [-0.1, -0.05) is 30.3 Å². The van der Waals surface area contributed by atoms with Crippen LogP contribution in [-0.4, -0.2) is 31.5 Å². The fourth-order valence-electron chi connectivity index (χ4n) is 1.49. The Bertz CT molecular complexity index is 264. The number of hydrogen-bond donors (Lipinski definition) is 2. The van der Waals surface area contributed by atoms with Crippen LogP contribution < -0.4 is 5.32 Å². The summed E-state index contributed by atoms with van der Waals surface area (Å²) in [7, 11) is 1.68. The van der Waals surface area contributed by atoms with Crippen molar-refractivity contribution < 1.29 is 9.84 Å². The normalized spacial score (nSPS) is 14.9. The highest BCUT2D eigenvalue weighted by molar-refractivity contribution is 5.19. The molecule has 1 rings (SSSR count). The number of nitrogens with one attached hydrogen (secondary N) is 1. The summed E-state index contributed by atoms with van der Waals surface area (Å²) in [5.41, 5.74) is 1.18. The lowest BCUT2D eigenvalue weighted by Crippen LogP contribution is -2.35. The van der Waals surface area contributed by atoms with Crippen molar-refractivity contribution in [2.24, 2.45) is 0 Å². The Balaban J connectivity index is 2.65. The lowest BCUT2D eigenvalue weighted by Gasteiger charge is -2.21. The number of benzene rings is 1. The Labute approximate surface area is 91.1 Å². The summed E-state index contributed by atoms with van der Waals surface area (Å²) >= 11 is 0. The molecule has 2 unspecified atom stereocenters. The van der Waals surface area contributed by atoms with Gasteiger partial charge >= 0.3 is 0 Å². The van der Waals surface area contributed by atoms with Gasteiger partial charge in [0.1, 0.15) is 0 Å². The summed E-state index contributed by atoms with van der Waals surface area (Å²) in [6, 6.07) is 10.3. The lowest BCUT2D eigenvalue weighted by molar-refractivity contribution is 0.151. The fraction of sp³-hybridized carbons (Fsp3) is 0.500. The molecular formula is C12H19NO2. The van der Waals surface area contributed by atoms with Crippen LogP contribution in [0.2, 0.25) is 0 Å². The number of methoxy groups -OCH3 is 1. The van der Waals surface area contributed by atoms with Gasteiger partial charge in [0, 0.05) is 13.2 Å². The summed E-state index contributed by atoms with van der Waals surface area (Å²) in [5, 5.41) is 12.3. The van der Waals surface area contributed by atoms with Crippen molar-refractivity contribution in [1.82, 2.24) is 5.32 Å². The number of aliphatic hydroxyl groups excluding tert-OH is 1. The van der Waals surface area contributed by atoms with Gasteiger partial charge in [-0.25, -0.2) is 0 Å². The van der Waals surface area contributed by atoms with Gasteiger partial charge in [0.05, 0.1) is 19.3 Å². The lowest BCUT2D eigenvalue weighted by atomic mass is 10.1. The molecule has 0 spiro atoms. The highest BCUT2D eigenvalue weighted by Crippen LogP contribution is 2.13. The summed E-state index contributed by atoms with van der Waals surface area (Å²) in [6.45, 7) is 2.69. The number of ether oxygens (including phenoxy) is 1. The first-order chi connectivity index (χ1) is 7.27. The minimum atomic E-state index is 0.0744. The zero-order chi connectivity index (χ0) is 11.1. The summed E-state index contributed by atoms with van der Waals surface area (Å²) in [4.78, 5) is 0. The molecule has 2 N–H and O–H groups in total. The van der Waals surface area contributed by atoms with E-state index >= 15 is 0 Å². The molecule has 84 valence electrons. The first-order valence-electron chi connectivity index (χ1n) is 5.18. The minimum absolute atomic E-state index is 0.0744. The van der Waals surface area contributed by atoms with Gasteiger partial charge in [0.25, 0.3) is 0 Å². The second-order valence-corrected chi connectivity index (χ2v) is 3.67. The maximum atomic E-state index is 9.00. The van der Waals surface area contributed by atoms with E-state index in [0.29, 0.717) is 6.61 Å². The van der Waals surface area contributed by atoms with E-state index in [-0.39, 0.29) is 18.7 Å². The molecule has 0 saturated heterocycles. The van der Waals surface area contributed by atoms with Crippen LogP contribution in [0.3, 0.4) is 0 Å². The molecule has 0 amide bonds. The summed E-state index contributed by atoms with van der Waals surface area (Å²) in [5.74, 6) is 0. The number of aliphatic hydroxyl groups is 1. The molecule has 0 heterocycles. The van der Waals surface area contributed by atoms with Crippen LogP contribution in [0.15, 0.2) is 30.3 Å². The molecule has 1 aromatic rings. The molecule has 2 atom stereocenters. The standard InChI is InChI=1S/C12H19NO2/c1-10(8-14)13-12(9-15-2)11-6-4-3-5-7-11/h3-7,10,12-14H,8-9H2,1-2H3. The molecule has 0 saturated carbocycles. The molecule has 0 aromatic heterocycles. The van der Waals surface area contributed by atoms with E-state index in [1.165, 1.54) is 5.56 Å². The van der Waals surface area contributed by atoms with E-state index in [1.54, 1.807) is 7.11 Å². The Morgan fingerprint density at radius 1 is 1.33 bits per heavy atom.